The monoisotopic (exact) mass is 495 g/mol. The average molecular weight is 496 g/mol. The fourth-order valence-corrected chi connectivity index (χ4v) is 2.76. The Bertz CT molecular complexity index is 1180. The number of benzene rings is 2. The van der Waals surface area contributed by atoms with Crippen LogP contribution in [0.5, 0.6) is 11.6 Å². The third kappa shape index (κ3) is 6.80. The zero-order valence-electron chi connectivity index (χ0n) is 17.4. The van der Waals surface area contributed by atoms with Gasteiger partial charge in [0.25, 0.3) is 0 Å². The molecule has 0 bridgehead atoms. The zero-order chi connectivity index (χ0) is 24.7. The standard InChI is InChI=1S/C21H17ClF3N5O4/c1-2-33-30-19(31)18-26-10-9-17(29-18)34-14-6-3-12(4-7-14)27-20(32)28-13-5-8-16(22)15(11-13)21(23,24)25/h3-11H,2H2,1H3,(H,30,31)(H2,27,28,32). The topological polar surface area (TPSA) is 114 Å². The maximum Gasteiger partial charge on any atom is 0.417 e. The van der Waals surface area contributed by atoms with Crippen molar-refractivity contribution in [3.8, 4) is 11.6 Å². The van der Waals surface area contributed by atoms with Crippen LogP contribution in [0.25, 0.3) is 0 Å². The first-order valence-corrected chi connectivity index (χ1v) is 10.0. The van der Waals surface area contributed by atoms with E-state index in [2.05, 4.69) is 26.1 Å². The molecule has 34 heavy (non-hydrogen) atoms. The molecule has 1 heterocycles. The van der Waals surface area contributed by atoms with Crippen LogP contribution in [-0.4, -0.2) is 28.5 Å². The van der Waals surface area contributed by atoms with E-state index in [1.807, 2.05) is 0 Å². The summed E-state index contributed by atoms with van der Waals surface area (Å²) in [5.74, 6) is -0.357. The maximum absolute atomic E-state index is 13.0. The minimum atomic E-state index is -4.65. The van der Waals surface area contributed by atoms with E-state index < -0.39 is 28.7 Å². The summed E-state index contributed by atoms with van der Waals surface area (Å²) >= 11 is 5.57. The Hall–Kier alpha value is -3.90. The van der Waals surface area contributed by atoms with Crippen molar-refractivity contribution in [3.05, 3.63) is 71.1 Å². The summed E-state index contributed by atoms with van der Waals surface area (Å²) in [6, 6.07) is 9.75. The van der Waals surface area contributed by atoms with Gasteiger partial charge in [-0.05, 0) is 49.4 Å². The van der Waals surface area contributed by atoms with Crippen molar-refractivity contribution in [1.82, 2.24) is 15.4 Å². The lowest BCUT2D eigenvalue weighted by Crippen LogP contribution is -2.25. The highest BCUT2D eigenvalue weighted by Gasteiger charge is 2.33. The first kappa shape index (κ1) is 24.7. The van der Waals surface area contributed by atoms with E-state index in [9.17, 15) is 22.8 Å². The second-order valence-electron chi connectivity index (χ2n) is 6.48. The summed E-state index contributed by atoms with van der Waals surface area (Å²) in [7, 11) is 0. The summed E-state index contributed by atoms with van der Waals surface area (Å²) in [4.78, 5) is 36.6. The highest BCUT2D eigenvalue weighted by Crippen LogP contribution is 2.36. The van der Waals surface area contributed by atoms with Crippen LogP contribution in [0, 0.1) is 0 Å². The van der Waals surface area contributed by atoms with E-state index >= 15 is 0 Å². The van der Waals surface area contributed by atoms with E-state index in [0.29, 0.717) is 11.4 Å². The van der Waals surface area contributed by atoms with Crippen LogP contribution < -0.4 is 20.9 Å². The molecule has 1 aromatic heterocycles. The Morgan fingerprint density at radius 3 is 2.38 bits per heavy atom. The quantitative estimate of drug-likeness (QED) is 0.385. The van der Waals surface area contributed by atoms with Crippen molar-refractivity contribution in [2.75, 3.05) is 17.2 Å². The molecule has 0 aliphatic carbocycles. The van der Waals surface area contributed by atoms with Gasteiger partial charge in [0.2, 0.25) is 11.7 Å². The second-order valence-corrected chi connectivity index (χ2v) is 6.89. The molecule has 3 N–H and O–H groups in total. The summed E-state index contributed by atoms with van der Waals surface area (Å²) in [6.45, 7) is 1.97. The fourth-order valence-electron chi connectivity index (χ4n) is 2.53. The van der Waals surface area contributed by atoms with E-state index in [-0.39, 0.29) is 24.0 Å². The molecule has 178 valence electrons. The van der Waals surface area contributed by atoms with Crippen LogP contribution in [0.4, 0.5) is 29.3 Å². The number of hydrogen-bond acceptors (Lipinski definition) is 6. The lowest BCUT2D eigenvalue weighted by atomic mass is 10.2. The number of nitrogens with zero attached hydrogens (tertiary/aromatic N) is 2. The number of ether oxygens (including phenoxy) is 1. The van der Waals surface area contributed by atoms with Gasteiger partial charge in [-0.25, -0.2) is 15.3 Å². The smallest absolute Gasteiger partial charge is 0.417 e. The average Bonchev–Trinajstić information content (AvgIpc) is 2.79. The molecule has 0 fully saturated rings. The minimum Gasteiger partial charge on any atom is -0.439 e. The van der Waals surface area contributed by atoms with Crippen molar-refractivity contribution in [1.29, 1.82) is 0 Å². The molecule has 0 saturated heterocycles. The first-order valence-electron chi connectivity index (χ1n) is 9.63. The molecule has 0 spiro atoms. The SMILES string of the molecule is CCONC(=O)c1nccc(Oc2ccc(NC(=O)Nc3ccc(Cl)c(C(F)(F)F)c3)cc2)n1. The van der Waals surface area contributed by atoms with E-state index in [4.69, 9.17) is 21.2 Å². The second kappa shape index (κ2) is 10.8. The van der Waals surface area contributed by atoms with Gasteiger partial charge in [-0.15, -0.1) is 0 Å². The van der Waals surface area contributed by atoms with Gasteiger partial charge in [0.05, 0.1) is 17.2 Å². The number of alkyl halides is 3. The highest BCUT2D eigenvalue weighted by atomic mass is 35.5. The molecular weight excluding hydrogens is 479 g/mol. The van der Waals surface area contributed by atoms with Gasteiger partial charge in [-0.1, -0.05) is 11.6 Å². The Kier molecular flexibility index (Phi) is 7.87. The minimum absolute atomic E-state index is 0.0814. The van der Waals surface area contributed by atoms with Gasteiger partial charge < -0.3 is 15.4 Å². The number of halogens is 4. The molecule has 9 nitrogen and oxygen atoms in total. The third-order valence-electron chi connectivity index (χ3n) is 4.01. The van der Waals surface area contributed by atoms with Crippen LogP contribution in [0.15, 0.2) is 54.7 Å². The number of aromatic nitrogens is 2. The van der Waals surface area contributed by atoms with Gasteiger partial charge in [-0.3, -0.25) is 9.63 Å². The first-order chi connectivity index (χ1) is 16.2. The number of hydroxylamine groups is 1. The number of amides is 3. The Morgan fingerprint density at radius 2 is 1.71 bits per heavy atom. The molecule has 13 heteroatoms. The molecule has 3 aromatic rings. The van der Waals surface area contributed by atoms with Crippen molar-refractivity contribution in [2.24, 2.45) is 0 Å². The van der Waals surface area contributed by atoms with Gasteiger partial charge in [-0.2, -0.15) is 18.2 Å². The number of urea groups is 1. The maximum atomic E-state index is 13.0. The van der Waals surface area contributed by atoms with E-state index in [0.717, 1.165) is 12.1 Å². The number of nitrogens with one attached hydrogen (secondary N) is 3. The number of rotatable bonds is 7. The van der Waals surface area contributed by atoms with E-state index in [1.54, 1.807) is 6.92 Å². The van der Waals surface area contributed by atoms with Crippen molar-refractivity contribution >= 4 is 34.9 Å². The molecule has 3 amide bonds. The number of hydrogen-bond donors (Lipinski definition) is 3. The van der Waals surface area contributed by atoms with Crippen LogP contribution >= 0.6 is 11.6 Å². The van der Waals surface area contributed by atoms with Crippen molar-refractivity contribution in [3.63, 3.8) is 0 Å². The normalized spacial score (nSPS) is 11.0. The molecule has 0 saturated carbocycles. The summed E-state index contributed by atoms with van der Waals surface area (Å²) in [5.41, 5.74) is 1.37. The molecule has 0 atom stereocenters. The van der Waals surface area contributed by atoms with Gasteiger partial charge in [0.15, 0.2) is 0 Å². The Balaban J connectivity index is 1.60. The predicted molar refractivity (Wildman–Crippen MR) is 117 cm³/mol. The van der Waals surface area contributed by atoms with Crippen molar-refractivity contribution in [2.45, 2.75) is 13.1 Å². The number of anilines is 2. The highest BCUT2D eigenvalue weighted by molar-refractivity contribution is 6.31. The van der Waals surface area contributed by atoms with Crippen LogP contribution in [0.2, 0.25) is 5.02 Å². The van der Waals surface area contributed by atoms with Crippen LogP contribution in [-0.2, 0) is 11.0 Å². The molecule has 2 aromatic carbocycles. The predicted octanol–water partition coefficient (Wildman–Crippen LogP) is 5.27. The largest absolute Gasteiger partial charge is 0.439 e. The summed E-state index contributed by atoms with van der Waals surface area (Å²) in [5, 5.41) is 4.32. The third-order valence-corrected chi connectivity index (χ3v) is 4.34. The molecule has 0 unspecified atom stereocenters. The zero-order valence-corrected chi connectivity index (χ0v) is 18.2. The Morgan fingerprint density at radius 1 is 1.03 bits per heavy atom. The van der Waals surface area contributed by atoms with Crippen LogP contribution in [0.3, 0.4) is 0 Å². The summed E-state index contributed by atoms with van der Waals surface area (Å²) in [6.07, 6.45) is -3.32. The molecule has 0 aliphatic heterocycles. The fraction of sp³-hybridized carbons (Fsp3) is 0.143. The number of carbonyl (C=O) groups is 2. The number of carbonyl (C=O) groups excluding carboxylic acids is 2. The van der Waals surface area contributed by atoms with Crippen molar-refractivity contribution < 1.29 is 32.3 Å². The molecule has 3 rings (SSSR count). The van der Waals surface area contributed by atoms with E-state index in [1.165, 1.54) is 42.6 Å². The van der Waals surface area contributed by atoms with Gasteiger partial charge >= 0.3 is 18.1 Å². The van der Waals surface area contributed by atoms with Gasteiger partial charge in [0, 0.05) is 23.6 Å². The molecular formula is C21H17ClF3N5O4. The summed E-state index contributed by atoms with van der Waals surface area (Å²) < 4.78 is 44.4. The molecule has 0 radical (unpaired) electrons. The molecule has 0 aliphatic rings. The Labute approximate surface area is 196 Å². The lowest BCUT2D eigenvalue weighted by molar-refractivity contribution is -0.137. The lowest BCUT2D eigenvalue weighted by Gasteiger charge is -2.12. The van der Waals surface area contributed by atoms with Crippen LogP contribution in [0.1, 0.15) is 23.1 Å². The van der Waals surface area contributed by atoms with Gasteiger partial charge in [0.1, 0.15) is 5.75 Å².